The first-order chi connectivity index (χ1) is 9.39. The van der Waals surface area contributed by atoms with Crippen LogP contribution in [0.5, 0.6) is 0 Å². The number of hydrogen-bond acceptors (Lipinski definition) is 3. The Hall–Kier alpha value is -2.18. The fraction of sp³-hybridized carbons (Fsp3) is 0.0714. The van der Waals surface area contributed by atoms with Gasteiger partial charge in [-0.2, -0.15) is 8.42 Å². The number of aliphatic carboxylic acids is 1. The minimum absolute atomic E-state index is 0.0136. The monoisotopic (exact) mass is 292 g/mol. The third kappa shape index (κ3) is 3.04. The number of benzene rings is 2. The summed E-state index contributed by atoms with van der Waals surface area (Å²) in [5, 5.41) is 6.94. The largest absolute Gasteiger partial charge is 0.480 e. The molecule has 6 heteroatoms. The van der Waals surface area contributed by atoms with E-state index in [-0.39, 0.29) is 5.56 Å². The van der Waals surface area contributed by atoms with Gasteiger partial charge in [0.05, 0.1) is 0 Å². The summed E-state index contributed by atoms with van der Waals surface area (Å²) in [4.78, 5) is 11.0. The predicted molar refractivity (Wildman–Crippen MR) is 73.8 cm³/mol. The maximum atomic E-state index is 11.1. The Labute approximate surface area is 116 Å². The van der Waals surface area contributed by atoms with Gasteiger partial charge in [0.1, 0.15) is 0 Å². The molecule has 0 aromatic heterocycles. The van der Waals surface area contributed by atoms with E-state index in [1.165, 1.54) is 12.1 Å². The maximum absolute atomic E-state index is 11.1. The van der Waals surface area contributed by atoms with Crippen LogP contribution < -0.4 is 0 Å². The molecule has 1 unspecified atom stereocenters. The molecule has 2 aromatic carbocycles. The second-order valence-electron chi connectivity index (χ2n) is 4.22. The zero-order valence-corrected chi connectivity index (χ0v) is 11.1. The molecule has 104 valence electrons. The van der Waals surface area contributed by atoms with E-state index in [9.17, 15) is 13.2 Å². The first-order valence-electron chi connectivity index (χ1n) is 5.74. The molecule has 0 amide bonds. The van der Waals surface area contributed by atoms with Crippen LogP contribution in [0.1, 0.15) is 10.8 Å². The van der Waals surface area contributed by atoms with Crippen molar-refractivity contribution in [3.05, 3.63) is 60.2 Å². The highest BCUT2D eigenvalue weighted by molar-refractivity contribution is 7.86. The number of rotatable bonds is 4. The average Bonchev–Trinajstić information content (AvgIpc) is 2.38. The van der Waals surface area contributed by atoms with E-state index < -0.39 is 21.3 Å². The van der Waals surface area contributed by atoms with Crippen molar-refractivity contribution in [2.75, 3.05) is 0 Å². The summed E-state index contributed by atoms with van der Waals surface area (Å²) in [6, 6.07) is 15.4. The van der Waals surface area contributed by atoms with E-state index in [2.05, 4.69) is 0 Å². The fourth-order valence-corrected chi connectivity index (χ4v) is 2.68. The molecule has 0 fully saturated rings. The molecule has 0 aliphatic rings. The lowest BCUT2D eigenvalue weighted by molar-refractivity contribution is -0.136. The summed E-state index contributed by atoms with van der Waals surface area (Å²) in [7, 11) is -4.69. The normalized spacial score (nSPS) is 12.8. The van der Waals surface area contributed by atoms with Gasteiger partial charge in [-0.05, 0) is 16.7 Å². The molecule has 0 aliphatic carbocycles. The highest BCUT2D eigenvalue weighted by Gasteiger charge is 2.32. The van der Waals surface area contributed by atoms with Crippen LogP contribution in [0, 0.1) is 0 Å². The van der Waals surface area contributed by atoms with Crippen molar-refractivity contribution in [2.24, 2.45) is 0 Å². The molecule has 0 bridgehead atoms. The van der Waals surface area contributed by atoms with Crippen molar-refractivity contribution in [1.29, 1.82) is 0 Å². The van der Waals surface area contributed by atoms with Gasteiger partial charge in [0.2, 0.25) is 5.25 Å². The summed E-state index contributed by atoms with van der Waals surface area (Å²) in [5.74, 6) is -1.61. The minimum Gasteiger partial charge on any atom is -0.480 e. The smallest absolute Gasteiger partial charge is 0.329 e. The molecule has 1 atom stereocenters. The Balaban J connectivity index is 2.40. The summed E-state index contributed by atoms with van der Waals surface area (Å²) >= 11 is 0. The van der Waals surface area contributed by atoms with Crippen LogP contribution in [-0.4, -0.2) is 24.0 Å². The van der Waals surface area contributed by atoms with Crippen molar-refractivity contribution in [1.82, 2.24) is 0 Å². The minimum atomic E-state index is -4.69. The zero-order chi connectivity index (χ0) is 14.8. The summed E-state index contributed by atoms with van der Waals surface area (Å²) < 4.78 is 31.2. The molecule has 0 radical (unpaired) electrons. The van der Waals surface area contributed by atoms with Gasteiger partial charge in [0.25, 0.3) is 10.1 Å². The second kappa shape index (κ2) is 5.44. The van der Waals surface area contributed by atoms with Crippen molar-refractivity contribution >= 4 is 16.1 Å². The molecular weight excluding hydrogens is 280 g/mol. The third-order valence-electron chi connectivity index (χ3n) is 2.84. The number of hydrogen-bond donors (Lipinski definition) is 2. The van der Waals surface area contributed by atoms with Crippen molar-refractivity contribution < 1.29 is 22.9 Å². The average molecular weight is 292 g/mol. The van der Waals surface area contributed by atoms with E-state index >= 15 is 0 Å². The van der Waals surface area contributed by atoms with E-state index in [4.69, 9.17) is 9.66 Å². The molecule has 0 aliphatic heterocycles. The number of carboxylic acids is 1. The molecule has 2 rings (SSSR count). The van der Waals surface area contributed by atoms with Crippen LogP contribution in [0.15, 0.2) is 54.6 Å². The van der Waals surface area contributed by atoms with Crippen LogP contribution >= 0.6 is 0 Å². The Morgan fingerprint density at radius 2 is 1.40 bits per heavy atom. The predicted octanol–water partition coefficient (Wildman–Crippen LogP) is 2.37. The van der Waals surface area contributed by atoms with E-state index in [0.717, 1.165) is 11.1 Å². The lowest BCUT2D eigenvalue weighted by atomic mass is 10.0. The van der Waals surface area contributed by atoms with Crippen LogP contribution in [0.2, 0.25) is 0 Å². The summed E-state index contributed by atoms with van der Waals surface area (Å²) in [6.45, 7) is 0. The third-order valence-corrected chi connectivity index (χ3v) is 3.91. The fourth-order valence-electron chi connectivity index (χ4n) is 1.92. The molecule has 2 N–H and O–H groups in total. The second-order valence-corrected chi connectivity index (χ2v) is 5.72. The first kappa shape index (κ1) is 14.2. The molecule has 0 heterocycles. The Bertz CT molecular complexity index is 705. The molecule has 2 aromatic rings. The van der Waals surface area contributed by atoms with Crippen molar-refractivity contribution in [3.63, 3.8) is 0 Å². The standard InChI is InChI=1S/C14H12O5S/c15-14(16)13(20(17,18)19)12-8-6-11(7-9-12)10-4-2-1-3-5-10/h1-9,13H,(H,15,16)(H,17,18,19). The lowest BCUT2D eigenvalue weighted by Gasteiger charge is -2.10. The molecule has 0 saturated carbocycles. The van der Waals surface area contributed by atoms with Crippen LogP contribution in [-0.2, 0) is 14.9 Å². The Morgan fingerprint density at radius 1 is 0.900 bits per heavy atom. The van der Waals surface area contributed by atoms with Crippen LogP contribution in [0.25, 0.3) is 11.1 Å². The SMILES string of the molecule is O=C(O)C(c1ccc(-c2ccccc2)cc1)S(=O)(=O)O. The van der Waals surface area contributed by atoms with E-state index in [1.54, 1.807) is 12.1 Å². The molecule has 0 saturated heterocycles. The van der Waals surface area contributed by atoms with Gasteiger partial charge >= 0.3 is 5.97 Å². The maximum Gasteiger partial charge on any atom is 0.329 e. The Morgan fingerprint density at radius 3 is 1.85 bits per heavy atom. The van der Waals surface area contributed by atoms with Gasteiger partial charge in [-0.25, -0.2) is 0 Å². The quantitative estimate of drug-likeness (QED) is 0.844. The topological polar surface area (TPSA) is 91.7 Å². The molecule has 20 heavy (non-hydrogen) atoms. The van der Waals surface area contributed by atoms with Crippen LogP contribution in [0.4, 0.5) is 0 Å². The highest BCUT2D eigenvalue weighted by atomic mass is 32.2. The highest BCUT2D eigenvalue weighted by Crippen LogP contribution is 2.25. The zero-order valence-electron chi connectivity index (χ0n) is 10.3. The first-order valence-corrected chi connectivity index (χ1v) is 7.24. The molecule has 0 spiro atoms. The van der Waals surface area contributed by atoms with Gasteiger partial charge in [-0.1, -0.05) is 54.6 Å². The molecule has 5 nitrogen and oxygen atoms in total. The number of carboxylic acid groups (broad SMARTS) is 1. The van der Waals surface area contributed by atoms with Gasteiger partial charge in [-0.15, -0.1) is 0 Å². The van der Waals surface area contributed by atoms with Gasteiger partial charge in [0.15, 0.2) is 0 Å². The summed E-state index contributed by atoms with van der Waals surface area (Å²) in [6.07, 6.45) is 0. The van der Waals surface area contributed by atoms with Gasteiger partial charge in [0, 0.05) is 0 Å². The summed E-state index contributed by atoms with van der Waals surface area (Å²) in [5.41, 5.74) is 1.77. The Kier molecular flexibility index (Phi) is 3.87. The van der Waals surface area contributed by atoms with Crippen LogP contribution in [0.3, 0.4) is 0 Å². The molecular formula is C14H12O5S. The van der Waals surface area contributed by atoms with E-state index in [1.807, 2.05) is 30.3 Å². The van der Waals surface area contributed by atoms with Gasteiger partial charge < -0.3 is 5.11 Å². The lowest BCUT2D eigenvalue weighted by Crippen LogP contribution is -2.21. The number of carbonyl (C=O) groups is 1. The van der Waals surface area contributed by atoms with E-state index in [0.29, 0.717) is 0 Å². The van der Waals surface area contributed by atoms with Gasteiger partial charge in [-0.3, -0.25) is 9.35 Å². The van der Waals surface area contributed by atoms with Crippen molar-refractivity contribution in [2.45, 2.75) is 5.25 Å². The van der Waals surface area contributed by atoms with Crippen molar-refractivity contribution in [3.8, 4) is 11.1 Å².